The van der Waals surface area contributed by atoms with Gasteiger partial charge >= 0.3 is 17.6 Å². The van der Waals surface area contributed by atoms with Crippen LogP contribution in [0.5, 0.6) is 34.5 Å². The van der Waals surface area contributed by atoms with E-state index in [0.29, 0.717) is 12.8 Å². The van der Waals surface area contributed by atoms with E-state index in [1.54, 1.807) is 0 Å². The molecule has 3 heterocycles. The molecule has 0 aliphatic carbocycles. The third-order valence-corrected chi connectivity index (χ3v) is 18.7. The molecule has 3 aliphatic rings. The summed E-state index contributed by atoms with van der Waals surface area (Å²) in [6.45, 7) is 26.2. The van der Waals surface area contributed by atoms with Gasteiger partial charge in [-0.1, -0.05) is 148 Å². The van der Waals surface area contributed by atoms with E-state index in [0.717, 1.165) is 63.2 Å². The Labute approximate surface area is 365 Å². The molecule has 6 nitrogen and oxygen atoms in total. The lowest BCUT2D eigenvalue weighted by atomic mass is 10.00. The number of rotatable bonds is 0. The van der Waals surface area contributed by atoms with Crippen molar-refractivity contribution in [2.24, 2.45) is 0 Å². The fraction of sp³-hybridized carbons (Fsp3) is 0.321. The molecule has 0 radical (unpaired) electrons. The molecule has 0 unspecified atom stereocenters. The van der Waals surface area contributed by atoms with E-state index in [2.05, 4.69) is 168 Å². The lowest BCUT2D eigenvalue weighted by Crippen LogP contribution is -2.62. The summed E-state index contributed by atoms with van der Waals surface area (Å²) in [6.07, 6.45) is 2.26. The first kappa shape index (κ1) is 42.3. The van der Waals surface area contributed by atoms with Crippen LogP contribution in [-0.2, 0) is 19.3 Å². The Bertz CT molecular complexity index is 2340. The fourth-order valence-corrected chi connectivity index (χ4v) is 15.7. The molecule has 6 aromatic rings. The maximum atomic E-state index is 6.91. The summed E-state index contributed by atoms with van der Waals surface area (Å²) in [5, 5.41) is -0.181. The van der Waals surface area contributed by atoms with E-state index in [1.165, 1.54) is 44.5 Å². The number of benzene rings is 6. The largest absolute Gasteiger partial charge is 0.966 e. The third-order valence-electron chi connectivity index (χ3n) is 11.9. The minimum Gasteiger partial charge on any atom is -0.511 e. The highest BCUT2D eigenvalue weighted by Crippen LogP contribution is 2.54. The Morgan fingerprint density at radius 2 is 0.508 bits per heavy atom. The Kier molecular flexibility index (Phi) is 10.9. The molecule has 1 spiro atoms. The quantitative estimate of drug-likeness (QED) is 0.142. The smallest absolute Gasteiger partial charge is 0.511 e. The Morgan fingerprint density at radius 1 is 0.311 bits per heavy atom. The monoisotopic (exact) mass is 848 g/mol. The maximum absolute atomic E-state index is 6.91. The van der Waals surface area contributed by atoms with Crippen molar-refractivity contribution in [1.82, 2.24) is 0 Å². The van der Waals surface area contributed by atoms with E-state index in [1.807, 2.05) is 24.3 Å². The van der Waals surface area contributed by atoms with Crippen molar-refractivity contribution >= 4 is 17.6 Å². The molecule has 0 atom stereocenters. The molecular formula is C53H60O6Si2. The highest BCUT2D eigenvalue weighted by Gasteiger charge is 2.63. The van der Waals surface area contributed by atoms with Crippen molar-refractivity contribution in [2.75, 3.05) is 0 Å². The average Bonchev–Trinajstić information content (AvgIpc) is 3.15. The van der Waals surface area contributed by atoms with Crippen LogP contribution in [0.3, 0.4) is 0 Å². The van der Waals surface area contributed by atoms with Crippen molar-refractivity contribution in [3.63, 3.8) is 0 Å². The second kappa shape index (κ2) is 15.8. The zero-order valence-electron chi connectivity index (χ0n) is 38.0. The van der Waals surface area contributed by atoms with Crippen LogP contribution in [0, 0.1) is 41.5 Å². The van der Waals surface area contributed by atoms with E-state index < -0.39 is 17.6 Å². The molecule has 8 heteroatoms. The van der Waals surface area contributed by atoms with Crippen LogP contribution in [-0.4, -0.2) is 17.6 Å². The number of aryl methyl sites for hydroxylation is 6. The van der Waals surface area contributed by atoms with Gasteiger partial charge in [-0.25, -0.2) is 0 Å². The standard InChI is InChI=1S/C30H28O4Si.C23H32O2Si/c1-19-5-9-27-23(13-19)17-24-14-20(2)6-10-28(24)32-35(31-27)33-29-11-7-21(3)15-25(29)18-26-16-22(4)8-12-30(26)34-35;1-16-9-11-20-18(13-16)15-19-14-17(2)10-12-21(19)25-26(24-20,22(3,4)5)23(6,7)8/h5-16H,17-18H2,1-4H3;9-14H,15H2,1-8H3. The SMILES string of the molecule is Cc1ccc2c(c1)Cc1cc(C)ccc1O[Si](C(C)(C)C)(C(C)(C)C)O2.Cc1ccc2c(c1)Cc1cc(C)ccc1O[Si]1(O2)Oc2ccc(C)cc2Cc2cc(C)ccc2O1. The second-order valence-corrected chi connectivity index (χ2v) is 25.9. The number of fused-ring (bicyclic) bond motifs is 6. The van der Waals surface area contributed by atoms with Crippen LogP contribution in [0.4, 0.5) is 0 Å². The first-order valence-electron chi connectivity index (χ1n) is 21.5. The maximum Gasteiger partial charge on any atom is 0.966 e. The predicted molar refractivity (Wildman–Crippen MR) is 250 cm³/mol. The highest BCUT2D eigenvalue weighted by molar-refractivity contribution is 6.74. The molecule has 0 bridgehead atoms. The summed E-state index contributed by atoms with van der Waals surface area (Å²) in [5.74, 6) is 4.91. The fourth-order valence-electron chi connectivity index (χ4n) is 9.02. The van der Waals surface area contributed by atoms with Crippen LogP contribution in [0.25, 0.3) is 0 Å². The van der Waals surface area contributed by atoms with Gasteiger partial charge in [-0.3, -0.25) is 0 Å². The van der Waals surface area contributed by atoms with Crippen molar-refractivity contribution in [3.05, 3.63) is 176 Å². The van der Waals surface area contributed by atoms with Gasteiger partial charge in [0, 0.05) is 29.3 Å². The number of hydrogen-bond donors (Lipinski definition) is 0. The predicted octanol–water partition coefficient (Wildman–Crippen LogP) is 13.5. The molecule has 0 aromatic heterocycles. The van der Waals surface area contributed by atoms with Gasteiger partial charge in [0.05, 0.1) is 0 Å². The Morgan fingerprint density at radius 3 is 0.705 bits per heavy atom. The summed E-state index contributed by atoms with van der Waals surface area (Å²) in [7, 11) is -6.52. The molecule has 0 fully saturated rings. The molecule has 0 saturated heterocycles. The van der Waals surface area contributed by atoms with Gasteiger partial charge in [0.15, 0.2) is 0 Å². The van der Waals surface area contributed by atoms with Crippen LogP contribution in [0.2, 0.25) is 10.1 Å². The second-order valence-electron chi connectivity index (χ2n) is 19.4. The van der Waals surface area contributed by atoms with Crippen LogP contribution < -0.4 is 26.6 Å². The highest BCUT2D eigenvalue weighted by atomic mass is 28.4. The molecule has 61 heavy (non-hydrogen) atoms. The Balaban J connectivity index is 0.000000177. The first-order chi connectivity index (χ1) is 28.8. The third kappa shape index (κ3) is 8.58. The minimum atomic E-state index is -3.81. The molecule has 316 valence electrons. The normalized spacial score (nSPS) is 15.7. The summed E-state index contributed by atoms with van der Waals surface area (Å²) >= 11 is 0. The van der Waals surface area contributed by atoms with Gasteiger partial charge in [0.1, 0.15) is 34.5 Å². The Hall–Kier alpha value is -5.45. The van der Waals surface area contributed by atoms with Gasteiger partial charge < -0.3 is 26.6 Å². The molecule has 0 amide bonds. The van der Waals surface area contributed by atoms with Crippen LogP contribution in [0.15, 0.2) is 109 Å². The molecule has 0 N–H and O–H groups in total. The van der Waals surface area contributed by atoms with Crippen molar-refractivity contribution in [1.29, 1.82) is 0 Å². The summed E-state index contributed by atoms with van der Waals surface area (Å²) in [6, 6.07) is 38.0. The number of hydrogen-bond acceptors (Lipinski definition) is 6. The zero-order chi connectivity index (χ0) is 43.5. The van der Waals surface area contributed by atoms with Crippen molar-refractivity contribution in [3.8, 4) is 34.5 Å². The summed E-state index contributed by atoms with van der Waals surface area (Å²) < 4.78 is 40.6. The molecular weight excluding hydrogens is 789 g/mol. The zero-order valence-corrected chi connectivity index (χ0v) is 40.0. The van der Waals surface area contributed by atoms with E-state index in [-0.39, 0.29) is 10.1 Å². The van der Waals surface area contributed by atoms with Gasteiger partial charge in [0.2, 0.25) is 0 Å². The van der Waals surface area contributed by atoms with E-state index in [4.69, 9.17) is 26.6 Å². The van der Waals surface area contributed by atoms with Gasteiger partial charge in [0.25, 0.3) is 0 Å². The minimum absolute atomic E-state index is 0.0904. The lowest BCUT2D eigenvalue weighted by molar-refractivity contribution is 0.155. The molecule has 6 aromatic carbocycles. The molecule has 3 aliphatic heterocycles. The van der Waals surface area contributed by atoms with Gasteiger partial charge in [-0.15, -0.1) is 0 Å². The van der Waals surface area contributed by atoms with Crippen LogP contribution in [0.1, 0.15) is 108 Å². The first-order valence-corrected chi connectivity index (χ1v) is 24.9. The van der Waals surface area contributed by atoms with E-state index >= 15 is 0 Å². The van der Waals surface area contributed by atoms with Gasteiger partial charge in [-0.05, 0) is 111 Å². The summed E-state index contributed by atoms with van der Waals surface area (Å²) in [4.78, 5) is 0. The molecule has 9 rings (SSSR count). The topological polar surface area (TPSA) is 55.4 Å². The lowest BCUT2D eigenvalue weighted by Gasteiger charge is -2.49. The van der Waals surface area contributed by atoms with Gasteiger partial charge in [-0.2, -0.15) is 0 Å². The van der Waals surface area contributed by atoms with E-state index in [9.17, 15) is 0 Å². The van der Waals surface area contributed by atoms with Crippen molar-refractivity contribution in [2.45, 2.75) is 112 Å². The molecule has 0 saturated carbocycles. The average molecular weight is 849 g/mol. The summed E-state index contributed by atoms with van der Waals surface area (Å²) in [5.41, 5.74) is 14.1. The van der Waals surface area contributed by atoms with Crippen LogP contribution >= 0.6 is 0 Å². The van der Waals surface area contributed by atoms with Crippen molar-refractivity contribution < 1.29 is 26.6 Å².